The first-order valence-corrected chi connectivity index (χ1v) is 8.11. The van der Waals surface area contributed by atoms with Gasteiger partial charge in [-0.05, 0) is 37.1 Å². The summed E-state index contributed by atoms with van der Waals surface area (Å²) < 4.78 is 16.5. The van der Waals surface area contributed by atoms with E-state index in [4.69, 9.17) is 0 Å². The molecule has 126 valence electrons. The molecule has 0 saturated carbocycles. The average Bonchev–Trinajstić information content (AvgIpc) is 2.94. The Morgan fingerprint density at radius 2 is 1.88 bits per heavy atom. The Bertz CT molecular complexity index is 1140. The number of benzene rings is 1. The number of aromatic nitrogens is 5. The van der Waals surface area contributed by atoms with Gasteiger partial charge in [-0.25, -0.2) is 8.91 Å². The van der Waals surface area contributed by atoms with Gasteiger partial charge in [-0.15, -0.1) is 10.2 Å². The van der Waals surface area contributed by atoms with E-state index in [0.29, 0.717) is 17.7 Å². The second-order valence-corrected chi connectivity index (χ2v) is 5.95. The Kier molecular flexibility index (Phi) is 3.56. The molecule has 0 bridgehead atoms. The largest absolute Gasteiger partial charge is 0.313 e. The summed E-state index contributed by atoms with van der Waals surface area (Å²) in [5.74, 6) is -0.300. The van der Waals surface area contributed by atoms with E-state index in [1.54, 1.807) is 27.4 Å². The molecule has 0 atom stereocenters. The van der Waals surface area contributed by atoms with Crippen LogP contribution in [-0.2, 0) is 6.54 Å². The molecular weight excluding hydrogens is 321 g/mol. The molecule has 6 nitrogen and oxygen atoms in total. The van der Waals surface area contributed by atoms with E-state index in [1.165, 1.54) is 12.1 Å². The summed E-state index contributed by atoms with van der Waals surface area (Å²) in [4.78, 5) is 12.5. The van der Waals surface area contributed by atoms with Gasteiger partial charge in [-0.1, -0.05) is 19.1 Å². The number of fused-ring (bicyclic) bond motifs is 3. The highest BCUT2D eigenvalue weighted by molar-refractivity contribution is 5.84. The van der Waals surface area contributed by atoms with Crippen molar-refractivity contribution in [2.45, 2.75) is 26.8 Å². The van der Waals surface area contributed by atoms with Gasteiger partial charge in [0.2, 0.25) is 0 Å². The number of hydrogen-bond donors (Lipinski definition) is 0. The molecular formula is C18H16FN5O. The quantitative estimate of drug-likeness (QED) is 0.576. The van der Waals surface area contributed by atoms with Gasteiger partial charge < -0.3 is 4.57 Å². The van der Waals surface area contributed by atoms with Crippen molar-refractivity contribution in [3.05, 3.63) is 58.4 Å². The van der Waals surface area contributed by atoms with Crippen LogP contribution < -0.4 is 5.56 Å². The minimum Gasteiger partial charge on any atom is -0.313 e. The van der Waals surface area contributed by atoms with Gasteiger partial charge in [0.05, 0.1) is 11.3 Å². The van der Waals surface area contributed by atoms with Crippen LogP contribution in [0.3, 0.4) is 0 Å². The van der Waals surface area contributed by atoms with Gasteiger partial charge in [0.1, 0.15) is 11.3 Å². The predicted molar refractivity (Wildman–Crippen MR) is 93.0 cm³/mol. The predicted octanol–water partition coefficient (Wildman–Crippen LogP) is 2.96. The summed E-state index contributed by atoms with van der Waals surface area (Å²) in [6.07, 6.45) is 2.61. The normalized spacial score (nSPS) is 11.5. The highest BCUT2D eigenvalue weighted by Crippen LogP contribution is 2.28. The summed E-state index contributed by atoms with van der Waals surface area (Å²) in [6.45, 7) is 4.50. The van der Waals surface area contributed by atoms with E-state index in [0.717, 1.165) is 23.2 Å². The fraction of sp³-hybridized carbons (Fsp3) is 0.222. The molecule has 0 N–H and O–H groups in total. The van der Waals surface area contributed by atoms with Crippen molar-refractivity contribution in [3.8, 4) is 11.1 Å². The second-order valence-electron chi connectivity index (χ2n) is 5.95. The molecule has 4 aromatic rings. The van der Waals surface area contributed by atoms with Crippen LogP contribution in [0.2, 0.25) is 0 Å². The molecule has 1 aromatic carbocycles. The third-order valence-corrected chi connectivity index (χ3v) is 4.22. The van der Waals surface area contributed by atoms with E-state index < -0.39 is 0 Å². The van der Waals surface area contributed by atoms with E-state index in [9.17, 15) is 9.18 Å². The van der Waals surface area contributed by atoms with Gasteiger partial charge in [0.15, 0.2) is 11.2 Å². The molecule has 0 aliphatic rings. The number of hydrogen-bond acceptors (Lipinski definition) is 4. The summed E-state index contributed by atoms with van der Waals surface area (Å²) in [6, 6.07) is 8.00. The minimum atomic E-state index is -0.300. The maximum Gasteiger partial charge on any atom is 0.280 e. The van der Waals surface area contributed by atoms with Crippen LogP contribution in [-0.4, -0.2) is 24.4 Å². The molecule has 25 heavy (non-hydrogen) atoms. The molecule has 0 saturated heterocycles. The lowest BCUT2D eigenvalue weighted by atomic mass is 10.1. The smallest absolute Gasteiger partial charge is 0.280 e. The third-order valence-electron chi connectivity index (χ3n) is 4.22. The molecule has 0 spiro atoms. The van der Waals surface area contributed by atoms with Crippen molar-refractivity contribution in [1.29, 1.82) is 0 Å². The topological polar surface area (TPSA) is 65.1 Å². The lowest BCUT2D eigenvalue weighted by molar-refractivity contribution is 0.628. The van der Waals surface area contributed by atoms with Crippen LogP contribution in [0.5, 0.6) is 0 Å². The molecule has 0 radical (unpaired) electrons. The number of aryl methyl sites for hydroxylation is 2. The number of pyridine rings is 1. The summed E-state index contributed by atoms with van der Waals surface area (Å²) in [5.41, 5.74) is 3.60. The minimum absolute atomic E-state index is 0.176. The third kappa shape index (κ3) is 2.39. The maximum atomic E-state index is 13.2. The molecule has 0 aliphatic heterocycles. The van der Waals surface area contributed by atoms with Gasteiger partial charge in [0, 0.05) is 12.7 Å². The van der Waals surface area contributed by atoms with Crippen LogP contribution in [0.4, 0.5) is 4.39 Å². The fourth-order valence-corrected chi connectivity index (χ4v) is 3.06. The molecule has 7 heteroatoms. The van der Waals surface area contributed by atoms with Crippen molar-refractivity contribution < 1.29 is 4.39 Å². The number of halogens is 1. The van der Waals surface area contributed by atoms with Crippen molar-refractivity contribution in [2.75, 3.05) is 0 Å². The molecule has 0 amide bonds. The first-order valence-electron chi connectivity index (χ1n) is 8.11. The van der Waals surface area contributed by atoms with Crippen molar-refractivity contribution in [3.63, 3.8) is 0 Å². The zero-order valence-electron chi connectivity index (χ0n) is 13.9. The second kappa shape index (κ2) is 5.77. The van der Waals surface area contributed by atoms with E-state index in [1.807, 2.05) is 19.9 Å². The molecule has 4 rings (SSSR count). The summed E-state index contributed by atoms with van der Waals surface area (Å²) >= 11 is 0. The van der Waals surface area contributed by atoms with Crippen LogP contribution in [0.25, 0.3) is 27.8 Å². The standard InChI is InChI=1S/C18H16FN5O/c1-3-9-23-10-8-14-16(18(23)25)20-21-17-15(11(2)22-24(14)17)12-4-6-13(19)7-5-12/h4-8,10H,3,9H2,1-2H3. The zero-order chi connectivity index (χ0) is 17.6. The van der Waals surface area contributed by atoms with Crippen LogP contribution in [0, 0.1) is 12.7 Å². The van der Waals surface area contributed by atoms with Crippen LogP contribution in [0.1, 0.15) is 19.0 Å². The van der Waals surface area contributed by atoms with Crippen LogP contribution in [0.15, 0.2) is 41.3 Å². The number of rotatable bonds is 3. The van der Waals surface area contributed by atoms with E-state index in [2.05, 4.69) is 15.3 Å². The first kappa shape index (κ1) is 15.4. The lowest BCUT2D eigenvalue weighted by Crippen LogP contribution is -2.21. The molecule has 3 aromatic heterocycles. The first-order chi connectivity index (χ1) is 12.1. The highest BCUT2D eigenvalue weighted by Gasteiger charge is 2.17. The van der Waals surface area contributed by atoms with Gasteiger partial charge >= 0.3 is 0 Å². The Morgan fingerprint density at radius 1 is 1.12 bits per heavy atom. The molecule has 0 aliphatic carbocycles. The Labute approximate surface area is 142 Å². The van der Waals surface area contributed by atoms with Crippen molar-refractivity contribution in [1.82, 2.24) is 24.4 Å². The molecule has 0 unspecified atom stereocenters. The zero-order valence-corrected chi connectivity index (χ0v) is 13.9. The molecule has 3 heterocycles. The molecule has 0 fully saturated rings. The maximum absolute atomic E-state index is 13.2. The van der Waals surface area contributed by atoms with E-state index in [-0.39, 0.29) is 16.9 Å². The Balaban J connectivity index is 2.01. The highest BCUT2D eigenvalue weighted by atomic mass is 19.1. The van der Waals surface area contributed by atoms with Crippen molar-refractivity contribution in [2.24, 2.45) is 0 Å². The van der Waals surface area contributed by atoms with Crippen molar-refractivity contribution >= 4 is 16.7 Å². The average molecular weight is 337 g/mol. The number of nitrogens with zero attached hydrogens (tertiary/aromatic N) is 5. The van der Waals surface area contributed by atoms with Gasteiger partial charge in [-0.3, -0.25) is 4.79 Å². The van der Waals surface area contributed by atoms with Crippen LogP contribution >= 0.6 is 0 Å². The lowest BCUT2D eigenvalue weighted by Gasteiger charge is -2.05. The fourth-order valence-electron chi connectivity index (χ4n) is 3.06. The van der Waals surface area contributed by atoms with E-state index >= 15 is 0 Å². The van der Waals surface area contributed by atoms with Gasteiger partial charge in [0.25, 0.3) is 5.56 Å². The monoisotopic (exact) mass is 337 g/mol. The summed E-state index contributed by atoms with van der Waals surface area (Å²) in [5, 5.41) is 12.9. The van der Waals surface area contributed by atoms with Gasteiger partial charge in [-0.2, -0.15) is 5.10 Å². The Morgan fingerprint density at radius 3 is 2.60 bits per heavy atom. The Hall–Kier alpha value is -3.09. The SMILES string of the molecule is CCCn1ccc2c(nnc3c(-c4ccc(F)cc4)c(C)nn32)c1=O. The summed E-state index contributed by atoms with van der Waals surface area (Å²) in [7, 11) is 0.